The highest BCUT2D eigenvalue weighted by molar-refractivity contribution is 7.89. The van der Waals surface area contributed by atoms with E-state index in [2.05, 4.69) is 19.2 Å². The molecule has 1 aliphatic heterocycles. The van der Waals surface area contributed by atoms with E-state index in [0.29, 0.717) is 30.3 Å². The molecule has 3 aromatic rings. The number of benzene rings is 3. The zero-order valence-electron chi connectivity index (χ0n) is 18.8. The molecule has 33 heavy (non-hydrogen) atoms. The van der Waals surface area contributed by atoms with Gasteiger partial charge in [0, 0.05) is 18.8 Å². The van der Waals surface area contributed by atoms with Gasteiger partial charge < -0.3 is 10.1 Å². The van der Waals surface area contributed by atoms with Crippen LogP contribution in [0.15, 0.2) is 77.7 Å². The van der Waals surface area contributed by atoms with Gasteiger partial charge in [-0.05, 0) is 65.4 Å². The molecular formula is C26H28N2O4S. The molecule has 172 valence electrons. The summed E-state index contributed by atoms with van der Waals surface area (Å²) in [5.41, 5.74) is 3.82. The van der Waals surface area contributed by atoms with Crippen LogP contribution in [0.4, 0.5) is 5.69 Å². The second kappa shape index (κ2) is 9.77. The van der Waals surface area contributed by atoms with Crippen LogP contribution in [0.3, 0.4) is 0 Å². The number of hydrogen-bond donors (Lipinski definition) is 1. The fourth-order valence-electron chi connectivity index (χ4n) is 3.85. The monoisotopic (exact) mass is 464 g/mol. The lowest BCUT2D eigenvalue weighted by atomic mass is 10.0. The lowest BCUT2D eigenvalue weighted by Gasteiger charge is -2.28. The Morgan fingerprint density at radius 1 is 1.00 bits per heavy atom. The molecule has 0 saturated heterocycles. The van der Waals surface area contributed by atoms with Crippen molar-refractivity contribution in [1.82, 2.24) is 4.31 Å². The van der Waals surface area contributed by atoms with Gasteiger partial charge in [0.05, 0.1) is 4.90 Å². The molecule has 0 saturated carbocycles. The summed E-state index contributed by atoms with van der Waals surface area (Å²) in [5, 5.41) is 2.85. The number of amides is 1. The number of rotatable bonds is 7. The first kappa shape index (κ1) is 23.0. The molecule has 6 nitrogen and oxygen atoms in total. The molecule has 0 atom stereocenters. The molecule has 0 unspecified atom stereocenters. The summed E-state index contributed by atoms with van der Waals surface area (Å²) in [6, 6.07) is 21.8. The minimum absolute atomic E-state index is 0.105. The van der Waals surface area contributed by atoms with Crippen LogP contribution < -0.4 is 10.1 Å². The predicted octanol–water partition coefficient (Wildman–Crippen LogP) is 4.57. The Balaban J connectivity index is 1.39. The molecule has 4 rings (SSSR count). The van der Waals surface area contributed by atoms with Crippen molar-refractivity contribution in [3.05, 3.63) is 89.5 Å². The van der Waals surface area contributed by atoms with E-state index in [0.717, 1.165) is 11.1 Å². The molecule has 0 bridgehead atoms. The van der Waals surface area contributed by atoms with Crippen LogP contribution in [-0.2, 0) is 27.8 Å². The quantitative estimate of drug-likeness (QED) is 0.556. The normalized spacial score (nSPS) is 14.0. The molecule has 1 heterocycles. The van der Waals surface area contributed by atoms with Gasteiger partial charge in [0.25, 0.3) is 5.91 Å². The molecule has 0 fully saturated rings. The Morgan fingerprint density at radius 2 is 1.73 bits per heavy atom. The Kier molecular flexibility index (Phi) is 6.81. The third-order valence-electron chi connectivity index (χ3n) is 5.76. The number of fused-ring (bicyclic) bond motifs is 1. The smallest absolute Gasteiger partial charge is 0.262 e. The highest BCUT2D eigenvalue weighted by Gasteiger charge is 2.28. The zero-order chi connectivity index (χ0) is 23.4. The summed E-state index contributed by atoms with van der Waals surface area (Å²) < 4.78 is 33.0. The van der Waals surface area contributed by atoms with Crippen LogP contribution in [0.25, 0.3) is 0 Å². The van der Waals surface area contributed by atoms with Gasteiger partial charge in [0.2, 0.25) is 10.0 Å². The Hall–Kier alpha value is -3.16. The van der Waals surface area contributed by atoms with Crippen molar-refractivity contribution >= 4 is 21.6 Å². The van der Waals surface area contributed by atoms with E-state index >= 15 is 0 Å². The minimum atomic E-state index is -3.56. The fourth-order valence-corrected chi connectivity index (χ4v) is 5.29. The first-order valence-electron chi connectivity index (χ1n) is 11.0. The lowest BCUT2D eigenvalue weighted by Crippen LogP contribution is -2.36. The number of hydrogen-bond acceptors (Lipinski definition) is 4. The standard InChI is InChI=1S/C26H28N2O4S/c1-19(2)20-9-12-24(13-10-20)32-18-26(29)27-23-11-8-21-14-15-28(17-22(21)16-23)33(30,31)25-6-4-3-5-7-25/h3-13,16,19H,14-15,17-18H2,1-2H3,(H,27,29). The zero-order valence-corrected chi connectivity index (χ0v) is 19.6. The van der Waals surface area contributed by atoms with E-state index < -0.39 is 10.0 Å². The van der Waals surface area contributed by atoms with Crippen molar-refractivity contribution in [1.29, 1.82) is 0 Å². The lowest BCUT2D eigenvalue weighted by molar-refractivity contribution is -0.118. The summed E-state index contributed by atoms with van der Waals surface area (Å²) in [7, 11) is -3.56. The van der Waals surface area contributed by atoms with Gasteiger partial charge >= 0.3 is 0 Å². The highest BCUT2D eigenvalue weighted by atomic mass is 32.2. The van der Waals surface area contributed by atoms with E-state index in [9.17, 15) is 13.2 Å². The first-order chi connectivity index (χ1) is 15.8. The highest BCUT2D eigenvalue weighted by Crippen LogP contribution is 2.27. The summed E-state index contributed by atoms with van der Waals surface area (Å²) in [6.45, 7) is 4.84. The van der Waals surface area contributed by atoms with Gasteiger partial charge in [0.15, 0.2) is 6.61 Å². The average molecular weight is 465 g/mol. The summed E-state index contributed by atoms with van der Waals surface area (Å²) >= 11 is 0. The predicted molar refractivity (Wildman–Crippen MR) is 129 cm³/mol. The minimum Gasteiger partial charge on any atom is -0.484 e. The molecule has 0 spiro atoms. The second-order valence-electron chi connectivity index (χ2n) is 8.45. The maximum atomic E-state index is 13.0. The van der Waals surface area contributed by atoms with E-state index in [4.69, 9.17) is 4.74 Å². The van der Waals surface area contributed by atoms with E-state index in [1.165, 1.54) is 9.87 Å². The van der Waals surface area contributed by atoms with Crippen LogP contribution >= 0.6 is 0 Å². The Labute approximate surface area is 195 Å². The molecule has 0 aliphatic carbocycles. The molecule has 1 amide bonds. The molecular weight excluding hydrogens is 436 g/mol. The largest absolute Gasteiger partial charge is 0.484 e. The van der Waals surface area contributed by atoms with E-state index in [1.807, 2.05) is 42.5 Å². The van der Waals surface area contributed by atoms with Gasteiger partial charge in [-0.1, -0.05) is 50.2 Å². The van der Waals surface area contributed by atoms with Gasteiger partial charge in [-0.2, -0.15) is 4.31 Å². The van der Waals surface area contributed by atoms with Crippen LogP contribution in [0, 0.1) is 0 Å². The molecule has 3 aromatic carbocycles. The van der Waals surface area contributed by atoms with Crippen molar-refractivity contribution in [3.63, 3.8) is 0 Å². The van der Waals surface area contributed by atoms with Crippen molar-refractivity contribution in [2.45, 2.75) is 37.6 Å². The average Bonchev–Trinajstić information content (AvgIpc) is 2.83. The molecule has 0 aromatic heterocycles. The number of sulfonamides is 1. The van der Waals surface area contributed by atoms with E-state index in [1.54, 1.807) is 30.3 Å². The fraction of sp³-hybridized carbons (Fsp3) is 0.269. The molecule has 1 N–H and O–H groups in total. The summed E-state index contributed by atoms with van der Waals surface area (Å²) in [6.07, 6.45) is 0.630. The van der Waals surface area contributed by atoms with Crippen LogP contribution in [0.2, 0.25) is 0 Å². The second-order valence-corrected chi connectivity index (χ2v) is 10.4. The Morgan fingerprint density at radius 3 is 2.42 bits per heavy atom. The topological polar surface area (TPSA) is 75.7 Å². The van der Waals surface area contributed by atoms with Crippen LogP contribution in [0.1, 0.15) is 36.5 Å². The number of nitrogens with zero attached hydrogens (tertiary/aromatic N) is 1. The van der Waals surface area contributed by atoms with Crippen LogP contribution in [-0.4, -0.2) is 31.8 Å². The number of anilines is 1. The third-order valence-corrected chi connectivity index (χ3v) is 7.62. The van der Waals surface area contributed by atoms with Crippen molar-refractivity contribution in [2.75, 3.05) is 18.5 Å². The maximum Gasteiger partial charge on any atom is 0.262 e. The molecule has 1 aliphatic rings. The number of carbonyl (C=O) groups is 1. The molecule has 7 heteroatoms. The number of nitrogens with one attached hydrogen (secondary N) is 1. The summed E-state index contributed by atoms with van der Waals surface area (Å²) in [5.74, 6) is 0.805. The van der Waals surface area contributed by atoms with Crippen molar-refractivity contribution in [2.24, 2.45) is 0 Å². The number of ether oxygens (including phenoxy) is 1. The maximum absolute atomic E-state index is 13.0. The third kappa shape index (κ3) is 5.43. The first-order valence-corrected chi connectivity index (χ1v) is 12.5. The number of carbonyl (C=O) groups excluding carboxylic acids is 1. The van der Waals surface area contributed by atoms with Gasteiger partial charge in [-0.15, -0.1) is 0 Å². The van der Waals surface area contributed by atoms with Crippen LogP contribution in [0.5, 0.6) is 5.75 Å². The Bertz CT molecular complexity index is 1220. The summed E-state index contributed by atoms with van der Waals surface area (Å²) in [4.78, 5) is 12.7. The van der Waals surface area contributed by atoms with E-state index in [-0.39, 0.29) is 24.0 Å². The SMILES string of the molecule is CC(C)c1ccc(OCC(=O)Nc2ccc3c(c2)CN(S(=O)(=O)c2ccccc2)CC3)cc1. The molecule has 0 radical (unpaired) electrons. The van der Waals surface area contributed by atoms with Crippen molar-refractivity contribution < 1.29 is 17.9 Å². The van der Waals surface area contributed by atoms with Gasteiger partial charge in [0.1, 0.15) is 5.75 Å². The van der Waals surface area contributed by atoms with Gasteiger partial charge in [-0.3, -0.25) is 4.79 Å². The van der Waals surface area contributed by atoms with Gasteiger partial charge in [-0.25, -0.2) is 8.42 Å². The van der Waals surface area contributed by atoms with Crippen molar-refractivity contribution in [3.8, 4) is 5.75 Å².